The molecule has 1 amide bonds. The first-order valence-electron chi connectivity index (χ1n) is 12.4. The largest absolute Gasteiger partial charge is 0.457 e. The molecule has 194 valence electrons. The number of hydrogen-bond acceptors (Lipinski definition) is 8. The average molecular weight is 503 g/mol. The van der Waals surface area contributed by atoms with E-state index >= 15 is 0 Å². The molecule has 0 saturated carbocycles. The maximum absolute atomic E-state index is 12.4. The van der Waals surface area contributed by atoms with E-state index in [0.29, 0.717) is 55.5 Å². The fourth-order valence-corrected chi connectivity index (χ4v) is 4.25. The Morgan fingerprint density at radius 3 is 2.59 bits per heavy atom. The zero-order chi connectivity index (χ0) is 26.2. The summed E-state index contributed by atoms with van der Waals surface area (Å²) in [5.41, 5.74) is 7.79. The van der Waals surface area contributed by atoms with Crippen LogP contribution < -0.4 is 15.8 Å². The topological polar surface area (TPSA) is 117 Å². The predicted molar refractivity (Wildman–Crippen MR) is 145 cm³/mol. The van der Waals surface area contributed by atoms with Crippen LogP contribution in [0.5, 0.6) is 11.5 Å². The Balaban J connectivity index is 1.38. The van der Waals surface area contributed by atoms with Gasteiger partial charge in [-0.15, -0.1) is 0 Å². The summed E-state index contributed by atoms with van der Waals surface area (Å²) in [6, 6.07) is 17.2. The van der Waals surface area contributed by atoms with Gasteiger partial charge in [0.05, 0.1) is 11.7 Å². The minimum Gasteiger partial charge on any atom is -0.457 e. The summed E-state index contributed by atoms with van der Waals surface area (Å²) in [7, 11) is 3.90. The third kappa shape index (κ3) is 7.05. The van der Waals surface area contributed by atoms with Crippen LogP contribution in [0.2, 0.25) is 0 Å². The van der Waals surface area contributed by atoms with Crippen LogP contribution in [0.1, 0.15) is 6.42 Å². The molecule has 0 spiro atoms. The second-order valence-corrected chi connectivity index (χ2v) is 9.37. The number of piperidine rings is 1. The number of nitrogens with two attached hydrogens (primary N) is 1. The van der Waals surface area contributed by atoms with Crippen LogP contribution in [-0.2, 0) is 4.79 Å². The zero-order valence-electron chi connectivity index (χ0n) is 21.2. The maximum atomic E-state index is 12.4. The summed E-state index contributed by atoms with van der Waals surface area (Å²) in [5.74, 6) is 2.33. The van der Waals surface area contributed by atoms with E-state index < -0.39 is 6.10 Å². The van der Waals surface area contributed by atoms with Crippen LogP contribution in [0.4, 0.5) is 11.6 Å². The van der Waals surface area contributed by atoms with Crippen LogP contribution in [0.3, 0.4) is 0 Å². The number of hydrogen-bond donors (Lipinski definition) is 3. The normalized spacial score (nSPS) is 17.8. The molecule has 2 atom stereocenters. The minimum absolute atomic E-state index is 0.0273. The number of likely N-dealkylation sites (N-methyl/N-ethyl adjacent to an activating group) is 1. The Bertz CT molecular complexity index is 1200. The fraction of sp³-hybridized carbons (Fsp3) is 0.321. The molecule has 2 aromatic carbocycles. The second kappa shape index (κ2) is 12.3. The van der Waals surface area contributed by atoms with Gasteiger partial charge in [-0.2, -0.15) is 0 Å². The number of β-amino-alcohol motifs (C(OH)–C–C–N with tert-alkyl or cyclic N) is 1. The molecule has 1 fully saturated rings. The number of carbonyl (C=O) groups is 1. The van der Waals surface area contributed by atoms with Gasteiger partial charge >= 0.3 is 0 Å². The minimum atomic E-state index is -0.635. The van der Waals surface area contributed by atoms with Crippen molar-refractivity contribution in [3.8, 4) is 22.6 Å². The number of benzene rings is 2. The van der Waals surface area contributed by atoms with Crippen molar-refractivity contribution < 1.29 is 14.6 Å². The number of likely N-dealkylation sites (tertiary alicyclic amines) is 1. The van der Waals surface area contributed by atoms with Crippen molar-refractivity contribution in [1.82, 2.24) is 19.8 Å². The van der Waals surface area contributed by atoms with Gasteiger partial charge in [-0.25, -0.2) is 9.97 Å². The Hall–Kier alpha value is -3.95. The van der Waals surface area contributed by atoms with Gasteiger partial charge in [0.1, 0.15) is 29.5 Å². The number of para-hydroxylation sites is 1. The molecule has 1 saturated heterocycles. The monoisotopic (exact) mass is 502 g/mol. The van der Waals surface area contributed by atoms with Crippen LogP contribution in [0, 0.1) is 5.92 Å². The first kappa shape index (κ1) is 26.1. The summed E-state index contributed by atoms with van der Waals surface area (Å²) in [6.07, 6.45) is 4.89. The Labute approximate surface area is 217 Å². The van der Waals surface area contributed by atoms with E-state index in [1.807, 2.05) is 79.7 Å². The molecule has 4 rings (SSSR count). The SMILES string of the molecule is CN(C)C/C=C/C(=O)N1CC[C@@H](CNc2ncnc(N)c2-c2ccc(Oc3ccccc3)cc2)[C@H](O)C1. The molecule has 0 unspecified atom stereocenters. The van der Waals surface area contributed by atoms with Crippen LogP contribution >= 0.6 is 0 Å². The summed E-state index contributed by atoms with van der Waals surface area (Å²) >= 11 is 0. The van der Waals surface area contributed by atoms with Gasteiger partial charge in [-0.05, 0) is 50.3 Å². The third-order valence-electron chi connectivity index (χ3n) is 6.29. The molecule has 0 aliphatic carbocycles. The molecule has 1 aliphatic heterocycles. The predicted octanol–water partition coefficient (Wildman–Crippen LogP) is 3.26. The van der Waals surface area contributed by atoms with Crippen molar-refractivity contribution in [1.29, 1.82) is 0 Å². The first-order valence-corrected chi connectivity index (χ1v) is 12.4. The van der Waals surface area contributed by atoms with E-state index in [1.54, 1.807) is 11.0 Å². The molecule has 1 aliphatic rings. The summed E-state index contributed by atoms with van der Waals surface area (Å²) in [5, 5.41) is 14.1. The number of nitrogen functional groups attached to an aromatic ring is 1. The summed E-state index contributed by atoms with van der Waals surface area (Å²) < 4.78 is 5.89. The molecule has 0 radical (unpaired) electrons. The lowest BCUT2D eigenvalue weighted by molar-refractivity contribution is -0.130. The zero-order valence-corrected chi connectivity index (χ0v) is 21.2. The molecule has 1 aromatic heterocycles. The number of carbonyl (C=O) groups excluding carboxylic acids is 1. The Morgan fingerprint density at radius 1 is 1.16 bits per heavy atom. The molecule has 9 nitrogen and oxygen atoms in total. The summed E-state index contributed by atoms with van der Waals surface area (Å²) in [4.78, 5) is 24.7. The maximum Gasteiger partial charge on any atom is 0.246 e. The first-order chi connectivity index (χ1) is 17.9. The number of nitrogens with zero attached hydrogens (tertiary/aromatic N) is 4. The van der Waals surface area contributed by atoms with Crippen molar-refractivity contribution in [2.24, 2.45) is 5.92 Å². The number of anilines is 2. The van der Waals surface area contributed by atoms with Gasteiger partial charge < -0.3 is 30.7 Å². The standard InChI is InChI=1S/C28H34N6O3/c1-33(2)15-6-9-25(36)34-16-14-21(24(35)18-34)17-30-28-26(27(29)31-19-32-28)20-10-12-23(13-11-20)37-22-7-4-3-5-8-22/h3-13,19,21,24,35H,14-18H2,1-2H3,(H3,29,30,31,32)/b9-6+/t21-,24+/m0/s1. The molecule has 4 N–H and O–H groups in total. The molecule has 9 heteroatoms. The molecular formula is C28H34N6O3. The van der Waals surface area contributed by atoms with E-state index in [-0.39, 0.29) is 11.8 Å². The van der Waals surface area contributed by atoms with Crippen LogP contribution in [0.25, 0.3) is 11.1 Å². The van der Waals surface area contributed by atoms with Crippen molar-refractivity contribution in [3.63, 3.8) is 0 Å². The lowest BCUT2D eigenvalue weighted by Gasteiger charge is -2.35. The number of aromatic nitrogens is 2. The number of aliphatic hydroxyl groups excluding tert-OH is 1. The second-order valence-electron chi connectivity index (χ2n) is 9.37. The lowest BCUT2D eigenvalue weighted by atomic mass is 9.93. The Morgan fingerprint density at radius 2 is 1.89 bits per heavy atom. The van der Waals surface area contributed by atoms with Crippen molar-refractivity contribution in [2.75, 3.05) is 51.3 Å². The van der Waals surface area contributed by atoms with E-state index in [1.165, 1.54) is 6.33 Å². The average Bonchev–Trinajstić information content (AvgIpc) is 2.89. The molecular weight excluding hydrogens is 468 g/mol. The van der Waals surface area contributed by atoms with Gasteiger partial charge in [0.2, 0.25) is 5.91 Å². The van der Waals surface area contributed by atoms with E-state index in [9.17, 15) is 9.90 Å². The van der Waals surface area contributed by atoms with Crippen LogP contribution in [0.15, 0.2) is 73.1 Å². The number of amides is 1. The van der Waals surface area contributed by atoms with Gasteiger partial charge in [0, 0.05) is 38.2 Å². The van der Waals surface area contributed by atoms with E-state index in [2.05, 4.69) is 15.3 Å². The molecule has 2 heterocycles. The van der Waals surface area contributed by atoms with Gasteiger partial charge in [0.15, 0.2) is 0 Å². The number of nitrogens with one attached hydrogen (secondary N) is 1. The highest BCUT2D eigenvalue weighted by atomic mass is 16.5. The summed E-state index contributed by atoms with van der Waals surface area (Å²) in [6.45, 7) is 2.09. The molecule has 37 heavy (non-hydrogen) atoms. The van der Waals surface area contributed by atoms with Crippen molar-refractivity contribution >= 4 is 17.5 Å². The van der Waals surface area contributed by atoms with Crippen LogP contribution in [-0.4, -0.2) is 77.2 Å². The Kier molecular flexibility index (Phi) is 8.71. The lowest BCUT2D eigenvalue weighted by Crippen LogP contribution is -2.47. The molecule has 3 aromatic rings. The van der Waals surface area contributed by atoms with E-state index in [4.69, 9.17) is 10.5 Å². The number of rotatable bonds is 9. The number of ether oxygens (including phenoxy) is 1. The highest BCUT2D eigenvalue weighted by molar-refractivity contribution is 5.87. The smallest absolute Gasteiger partial charge is 0.246 e. The quantitative estimate of drug-likeness (QED) is 0.382. The molecule has 0 bridgehead atoms. The highest BCUT2D eigenvalue weighted by Gasteiger charge is 2.29. The highest BCUT2D eigenvalue weighted by Crippen LogP contribution is 2.33. The fourth-order valence-electron chi connectivity index (χ4n) is 4.25. The van der Waals surface area contributed by atoms with Crippen molar-refractivity contribution in [3.05, 3.63) is 73.1 Å². The van der Waals surface area contributed by atoms with Gasteiger partial charge in [-0.3, -0.25) is 4.79 Å². The van der Waals surface area contributed by atoms with Crippen molar-refractivity contribution in [2.45, 2.75) is 12.5 Å². The van der Waals surface area contributed by atoms with E-state index in [0.717, 1.165) is 11.3 Å². The third-order valence-corrected chi connectivity index (χ3v) is 6.29. The van der Waals surface area contributed by atoms with Gasteiger partial charge in [-0.1, -0.05) is 36.4 Å². The van der Waals surface area contributed by atoms with Gasteiger partial charge in [0.25, 0.3) is 0 Å². The number of aliphatic hydroxyl groups is 1.